The fourth-order valence-electron chi connectivity index (χ4n) is 2.45. The monoisotopic (exact) mass is 330 g/mol. The van der Waals surface area contributed by atoms with Crippen molar-refractivity contribution >= 4 is 23.2 Å². The van der Waals surface area contributed by atoms with Crippen LogP contribution in [-0.2, 0) is 12.8 Å². The summed E-state index contributed by atoms with van der Waals surface area (Å²) in [6.45, 7) is 2.05. The molecule has 112 valence electrons. The number of H-pyrrole nitrogens is 1. The van der Waals surface area contributed by atoms with Gasteiger partial charge >= 0.3 is 0 Å². The summed E-state index contributed by atoms with van der Waals surface area (Å²) in [5, 5.41) is 1.16. The molecule has 22 heavy (non-hydrogen) atoms. The summed E-state index contributed by atoms with van der Waals surface area (Å²) >= 11 is 12.0. The number of halogens is 2. The largest absolute Gasteiger partial charge is 0.346 e. The highest BCUT2D eigenvalue weighted by molar-refractivity contribution is 6.42. The fourth-order valence-corrected chi connectivity index (χ4v) is 2.77. The number of nitrogens with one attached hydrogen (secondary N) is 1. The van der Waals surface area contributed by atoms with E-state index in [0.29, 0.717) is 10.0 Å². The number of nitrogens with zero attached hydrogens (tertiary/aromatic N) is 1. The standard InChI is InChI=1S/C18H16Cl2N2/c1-12-17(10-14-7-8-15(19)16(20)9-14)22-18(21-12)11-13-5-3-2-4-6-13/h2-9H,10-11H2,1H3,(H,21,22). The molecule has 0 fully saturated rings. The average Bonchev–Trinajstić information content (AvgIpc) is 2.84. The van der Waals surface area contributed by atoms with Gasteiger partial charge in [-0.05, 0) is 30.2 Å². The summed E-state index contributed by atoms with van der Waals surface area (Å²) in [7, 11) is 0. The Labute approximate surface area is 140 Å². The Hall–Kier alpha value is -1.77. The molecule has 3 rings (SSSR count). The van der Waals surface area contributed by atoms with Gasteiger partial charge in [0.05, 0.1) is 15.7 Å². The van der Waals surface area contributed by atoms with Crippen molar-refractivity contribution in [1.29, 1.82) is 0 Å². The summed E-state index contributed by atoms with van der Waals surface area (Å²) < 4.78 is 0. The predicted octanol–water partition coefficient (Wildman–Crippen LogP) is 5.21. The van der Waals surface area contributed by atoms with Crippen LogP contribution >= 0.6 is 23.2 Å². The van der Waals surface area contributed by atoms with E-state index >= 15 is 0 Å². The van der Waals surface area contributed by atoms with Gasteiger partial charge < -0.3 is 4.98 Å². The van der Waals surface area contributed by atoms with E-state index in [4.69, 9.17) is 28.2 Å². The molecule has 2 aromatic carbocycles. The van der Waals surface area contributed by atoms with E-state index < -0.39 is 0 Å². The Morgan fingerprint density at radius 2 is 1.68 bits per heavy atom. The second-order valence-corrected chi connectivity index (χ2v) is 6.16. The molecule has 0 aliphatic rings. The molecule has 3 aromatic rings. The van der Waals surface area contributed by atoms with Crippen LogP contribution in [-0.4, -0.2) is 9.97 Å². The first-order valence-electron chi connectivity index (χ1n) is 7.14. The molecule has 0 atom stereocenters. The van der Waals surface area contributed by atoms with Crippen LogP contribution in [0, 0.1) is 6.92 Å². The number of benzene rings is 2. The van der Waals surface area contributed by atoms with Gasteiger partial charge in [-0.25, -0.2) is 4.98 Å². The quantitative estimate of drug-likeness (QED) is 0.699. The zero-order chi connectivity index (χ0) is 15.5. The van der Waals surface area contributed by atoms with Gasteiger partial charge in [0.1, 0.15) is 5.82 Å². The molecule has 0 aliphatic carbocycles. The van der Waals surface area contributed by atoms with Gasteiger partial charge in [0.25, 0.3) is 0 Å². The third-order valence-electron chi connectivity index (χ3n) is 3.60. The zero-order valence-electron chi connectivity index (χ0n) is 12.2. The van der Waals surface area contributed by atoms with Crippen molar-refractivity contribution < 1.29 is 0 Å². The van der Waals surface area contributed by atoms with Crippen molar-refractivity contribution in [3.05, 3.63) is 86.9 Å². The van der Waals surface area contributed by atoms with Crippen molar-refractivity contribution in [2.45, 2.75) is 19.8 Å². The van der Waals surface area contributed by atoms with Crippen LogP contribution in [0.15, 0.2) is 48.5 Å². The van der Waals surface area contributed by atoms with Crippen molar-refractivity contribution in [3.8, 4) is 0 Å². The van der Waals surface area contributed by atoms with Gasteiger partial charge in [-0.2, -0.15) is 0 Å². The van der Waals surface area contributed by atoms with E-state index in [0.717, 1.165) is 35.6 Å². The first-order valence-corrected chi connectivity index (χ1v) is 7.89. The molecule has 0 spiro atoms. The molecule has 0 saturated heterocycles. The number of rotatable bonds is 4. The number of aryl methyl sites for hydroxylation is 1. The fraction of sp³-hybridized carbons (Fsp3) is 0.167. The minimum atomic E-state index is 0.578. The Bertz CT molecular complexity index is 779. The second-order valence-electron chi connectivity index (χ2n) is 5.34. The van der Waals surface area contributed by atoms with Crippen LogP contribution in [0.1, 0.15) is 28.3 Å². The van der Waals surface area contributed by atoms with Gasteiger partial charge in [-0.3, -0.25) is 0 Å². The van der Waals surface area contributed by atoms with Gasteiger partial charge in [0, 0.05) is 18.5 Å². The molecular formula is C18H16Cl2N2. The van der Waals surface area contributed by atoms with E-state index in [-0.39, 0.29) is 0 Å². The molecule has 0 saturated carbocycles. The molecule has 0 bridgehead atoms. The van der Waals surface area contributed by atoms with Crippen LogP contribution < -0.4 is 0 Å². The maximum absolute atomic E-state index is 6.07. The molecule has 2 nitrogen and oxygen atoms in total. The summed E-state index contributed by atoms with van der Waals surface area (Å²) in [5.74, 6) is 0.985. The number of imidazole rings is 1. The molecule has 1 N–H and O–H groups in total. The molecule has 1 heterocycles. The van der Waals surface area contributed by atoms with Gasteiger partial charge in [-0.15, -0.1) is 0 Å². The average molecular weight is 331 g/mol. The summed E-state index contributed by atoms with van der Waals surface area (Å²) in [6.07, 6.45) is 1.55. The maximum Gasteiger partial charge on any atom is 0.111 e. The van der Waals surface area contributed by atoms with Crippen molar-refractivity contribution in [1.82, 2.24) is 9.97 Å². The first kappa shape index (κ1) is 15.1. The molecule has 0 unspecified atom stereocenters. The van der Waals surface area contributed by atoms with E-state index in [1.165, 1.54) is 5.56 Å². The summed E-state index contributed by atoms with van der Waals surface area (Å²) in [6, 6.07) is 16.0. The van der Waals surface area contributed by atoms with Crippen LogP contribution in [0.4, 0.5) is 0 Å². The Kier molecular flexibility index (Phi) is 4.51. The topological polar surface area (TPSA) is 28.7 Å². The van der Waals surface area contributed by atoms with E-state index in [1.807, 2.05) is 43.3 Å². The lowest BCUT2D eigenvalue weighted by Crippen LogP contribution is -1.93. The maximum atomic E-state index is 6.07. The molecule has 1 aromatic heterocycles. The normalized spacial score (nSPS) is 10.9. The van der Waals surface area contributed by atoms with Crippen molar-refractivity contribution in [3.63, 3.8) is 0 Å². The Balaban J connectivity index is 1.78. The number of aromatic nitrogens is 2. The highest BCUT2D eigenvalue weighted by Gasteiger charge is 2.09. The van der Waals surface area contributed by atoms with E-state index in [2.05, 4.69) is 17.1 Å². The van der Waals surface area contributed by atoms with E-state index in [9.17, 15) is 0 Å². The lowest BCUT2D eigenvalue weighted by molar-refractivity contribution is 1.000. The first-order chi connectivity index (χ1) is 10.6. The SMILES string of the molecule is Cc1[nH]c(Cc2ccccc2)nc1Cc1ccc(Cl)c(Cl)c1. The van der Waals surface area contributed by atoms with Gasteiger partial charge in [-0.1, -0.05) is 59.6 Å². The van der Waals surface area contributed by atoms with Crippen LogP contribution in [0.3, 0.4) is 0 Å². The molecule has 0 radical (unpaired) electrons. The highest BCUT2D eigenvalue weighted by atomic mass is 35.5. The molecule has 0 amide bonds. The Morgan fingerprint density at radius 3 is 2.41 bits per heavy atom. The lowest BCUT2D eigenvalue weighted by Gasteiger charge is -2.02. The van der Waals surface area contributed by atoms with Gasteiger partial charge in [0.15, 0.2) is 0 Å². The second kappa shape index (κ2) is 6.55. The number of hydrogen-bond acceptors (Lipinski definition) is 1. The lowest BCUT2D eigenvalue weighted by atomic mass is 10.1. The summed E-state index contributed by atoms with van der Waals surface area (Å²) in [5.41, 5.74) is 4.49. The van der Waals surface area contributed by atoms with Crippen LogP contribution in [0.25, 0.3) is 0 Å². The predicted molar refractivity (Wildman–Crippen MR) is 91.8 cm³/mol. The third-order valence-corrected chi connectivity index (χ3v) is 4.34. The molecule has 4 heteroatoms. The van der Waals surface area contributed by atoms with Crippen molar-refractivity contribution in [2.75, 3.05) is 0 Å². The van der Waals surface area contributed by atoms with Crippen LogP contribution in [0.5, 0.6) is 0 Å². The summed E-state index contributed by atoms with van der Waals surface area (Å²) in [4.78, 5) is 8.09. The molecule has 0 aliphatic heterocycles. The smallest absolute Gasteiger partial charge is 0.111 e. The Morgan fingerprint density at radius 1 is 0.909 bits per heavy atom. The minimum absolute atomic E-state index is 0.578. The van der Waals surface area contributed by atoms with Crippen molar-refractivity contribution in [2.24, 2.45) is 0 Å². The number of aromatic amines is 1. The zero-order valence-corrected chi connectivity index (χ0v) is 13.7. The minimum Gasteiger partial charge on any atom is -0.346 e. The third kappa shape index (κ3) is 3.52. The van der Waals surface area contributed by atoms with Gasteiger partial charge in [0.2, 0.25) is 0 Å². The number of hydrogen-bond donors (Lipinski definition) is 1. The van der Waals surface area contributed by atoms with Crippen LogP contribution in [0.2, 0.25) is 10.0 Å². The highest BCUT2D eigenvalue weighted by Crippen LogP contribution is 2.24. The molecular weight excluding hydrogens is 315 g/mol. The van der Waals surface area contributed by atoms with E-state index in [1.54, 1.807) is 0 Å².